The van der Waals surface area contributed by atoms with Crippen molar-refractivity contribution in [3.63, 3.8) is 0 Å². The first-order valence-electron chi connectivity index (χ1n) is 13.6. The molecule has 0 spiro atoms. The zero-order valence-electron chi connectivity index (χ0n) is 22.0. The number of carbonyl (C=O) groups is 4. The molecule has 2 heterocycles. The van der Waals surface area contributed by atoms with E-state index in [1.165, 1.54) is 0 Å². The van der Waals surface area contributed by atoms with Gasteiger partial charge >= 0.3 is 0 Å². The molecule has 3 rings (SSSR count). The smallest absolute Gasteiger partial charge is 0.272 e. The molecule has 2 aliphatic heterocycles. The Morgan fingerprint density at radius 3 is 1.05 bits per heavy atom. The van der Waals surface area contributed by atoms with Crippen molar-refractivity contribution in [3.8, 4) is 0 Å². The molecule has 0 radical (unpaired) electrons. The Morgan fingerprint density at radius 2 is 0.763 bits per heavy atom. The lowest BCUT2D eigenvalue weighted by Gasteiger charge is -2.35. The maximum Gasteiger partial charge on any atom is 0.288 e. The van der Waals surface area contributed by atoms with E-state index in [9.17, 15) is 36.0 Å². The van der Waals surface area contributed by atoms with Gasteiger partial charge in [-0.1, -0.05) is 78.1 Å². The average Bonchev–Trinajstić information content (AvgIpc) is 3.13. The van der Waals surface area contributed by atoms with Gasteiger partial charge in [0.1, 0.15) is 0 Å². The van der Waals surface area contributed by atoms with E-state index in [0.717, 1.165) is 51.4 Å². The summed E-state index contributed by atoms with van der Waals surface area (Å²) in [6.07, 6.45) is 9.79. The maximum atomic E-state index is 12.8. The zero-order chi connectivity index (χ0) is 28.1. The molecule has 4 amide bonds. The van der Waals surface area contributed by atoms with E-state index in [1.54, 1.807) is 0 Å². The monoisotopic (exact) mass is 578 g/mol. The predicted octanol–water partition coefficient (Wildman–Crippen LogP) is 2.45. The minimum atomic E-state index is -4.24. The van der Waals surface area contributed by atoms with Crippen molar-refractivity contribution in [2.24, 2.45) is 23.7 Å². The third kappa shape index (κ3) is 6.80. The van der Waals surface area contributed by atoms with Gasteiger partial charge in [-0.3, -0.25) is 19.2 Å². The number of hydroxylamine groups is 4. The number of hydrogen-bond acceptors (Lipinski definition) is 10. The van der Waals surface area contributed by atoms with E-state index in [0.29, 0.717) is 25.7 Å². The van der Waals surface area contributed by atoms with Gasteiger partial charge in [0.05, 0.1) is 35.2 Å². The second-order valence-corrected chi connectivity index (χ2v) is 13.6. The molecule has 0 aromatic carbocycles. The van der Waals surface area contributed by atoms with Gasteiger partial charge in [-0.2, -0.15) is 16.8 Å². The number of rotatable bonds is 18. The van der Waals surface area contributed by atoms with E-state index >= 15 is 0 Å². The number of nitrogens with zero attached hydrogens (tertiary/aromatic N) is 2. The molecule has 216 valence electrons. The second-order valence-electron chi connectivity index (χ2n) is 10.3. The number of carbonyl (C=O) groups excluding carboxylic acids is 4. The van der Waals surface area contributed by atoms with Crippen LogP contribution in [0.2, 0.25) is 0 Å². The van der Waals surface area contributed by atoms with Crippen molar-refractivity contribution >= 4 is 43.9 Å². The molecule has 1 aliphatic carbocycles. The third-order valence-electron chi connectivity index (χ3n) is 7.36. The van der Waals surface area contributed by atoms with Crippen LogP contribution in [0.5, 0.6) is 0 Å². The summed E-state index contributed by atoms with van der Waals surface area (Å²) in [5.41, 5.74) is 0. The van der Waals surface area contributed by atoms with Crippen LogP contribution in [0.3, 0.4) is 0 Å². The molecule has 0 N–H and O–H groups in total. The molecule has 0 aromatic rings. The largest absolute Gasteiger partial charge is 0.288 e. The van der Waals surface area contributed by atoms with Crippen molar-refractivity contribution in [3.05, 3.63) is 0 Å². The maximum absolute atomic E-state index is 12.8. The summed E-state index contributed by atoms with van der Waals surface area (Å²) in [6, 6.07) is 0. The number of unbranched alkanes of at least 4 members (excludes halogenated alkanes) is 10. The number of amides is 4. The first-order chi connectivity index (χ1) is 18.0. The van der Waals surface area contributed by atoms with E-state index in [1.807, 2.05) is 0 Å². The highest BCUT2D eigenvalue weighted by Gasteiger charge is 2.75. The molecule has 1 saturated carbocycles. The van der Waals surface area contributed by atoms with Gasteiger partial charge in [-0.05, 0) is 12.8 Å². The van der Waals surface area contributed by atoms with Crippen LogP contribution in [-0.4, -0.2) is 62.1 Å². The highest BCUT2D eigenvalue weighted by atomic mass is 32.2. The molecular weight excluding hydrogens is 540 g/mol. The molecule has 0 atom stereocenters. The fourth-order valence-electron chi connectivity index (χ4n) is 5.30. The van der Waals surface area contributed by atoms with Gasteiger partial charge in [0.2, 0.25) is 0 Å². The summed E-state index contributed by atoms with van der Waals surface area (Å²) in [5, 5.41) is 0.280. The Labute approximate surface area is 224 Å². The van der Waals surface area contributed by atoms with Gasteiger partial charge in [-0.25, -0.2) is 0 Å². The van der Waals surface area contributed by atoms with Crippen LogP contribution in [0.1, 0.15) is 90.9 Å². The first-order valence-corrected chi connectivity index (χ1v) is 16.7. The Morgan fingerprint density at radius 1 is 0.500 bits per heavy atom. The Hall–Kier alpha value is -1.90. The quantitative estimate of drug-likeness (QED) is 0.174. The van der Waals surface area contributed by atoms with Crippen molar-refractivity contribution in [2.45, 2.75) is 90.9 Å². The molecule has 14 heteroatoms. The van der Waals surface area contributed by atoms with E-state index in [2.05, 4.69) is 13.8 Å². The standard InChI is InChI=1S/C24H38N2O10S2/c1-3-5-7-9-11-13-15-37(31,32)35-25-21(27)17-18(22(25)28)20-19(17)23(29)26(24(20)30)36-38(33,34)16-14-12-10-8-6-4-2/h17-20H,3-16H2,1-2H3. The van der Waals surface area contributed by atoms with Crippen LogP contribution in [-0.2, 0) is 48.0 Å². The molecule has 0 aromatic heterocycles. The summed E-state index contributed by atoms with van der Waals surface area (Å²) >= 11 is 0. The fourth-order valence-corrected chi connectivity index (χ4v) is 7.32. The van der Waals surface area contributed by atoms with Crippen LogP contribution >= 0.6 is 0 Å². The molecule has 3 aliphatic rings. The van der Waals surface area contributed by atoms with Crippen LogP contribution < -0.4 is 0 Å². The highest BCUT2D eigenvalue weighted by molar-refractivity contribution is 7.86. The SMILES string of the molecule is CCCCCCCCS(=O)(=O)ON1C(=O)C2C(C1=O)C1C(=O)N(OS(=O)(=O)CCCCCCCC)C(=O)C21. The molecular formula is C24H38N2O10S2. The normalized spacial score (nSPS) is 25.2. The molecule has 38 heavy (non-hydrogen) atoms. The lowest BCUT2D eigenvalue weighted by atomic mass is 9.59. The Balaban J connectivity index is 1.55. The van der Waals surface area contributed by atoms with Crippen molar-refractivity contribution in [2.75, 3.05) is 11.5 Å². The number of fused-ring (bicyclic) bond motifs is 4. The van der Waals surface area contributed by atoms with Gasteiger partial charge < -0.3 is 0 Å². The molecule has 2 saturated heterocycles. The van der Waals surface area contributed by atoms with Crippen LogP contribution in [0, 0.1) is 23.7 Å². The summed E-state index contributed by atoms with van der Waals surface area (Å²) in [4.78, 5) is 51.3. The van der Waals surface area contributed by atoms with Crippen LogP contribution in [0.25, 0.3) is 0 Å². The first kappa shape index (κ1) is 30.6. The van der Waals surface area contributed by atoms with Crippen LogP contribution in [0.4, 0.5) is 0 Å². The number of imide groups is 2. The predicted molar refractivity (Wildman–Crippen MR) is 134 cm³/mol. The van der Waals surface area contributed by atoms with E-state index < -0.39 is 67.5 Å². The molecule has 0 unspecified atom stereocenters. The zero-order valence-corrected chi connectivity index (χ0v) is 23.6. The summed E-state index contributed by atoms with van der Waals surface area (Å²) in [6.45, 7) is 4.13. The molecule has 0 bridgehead atoms. The minimum absolute atomic E-state index is 0.140. The van der Waals surface area contributed by atoms with Gasteiger partial charge in [0.15, 0.2) is 0 Å². The average molecular weight is 579 g/mol. The lowest BCUT2D eigenvalue weighted by Crippen LogP contribution is -2.50. The van der Waals surface area contributed by atoms with E-state index in [-0.39, 0.29) is 21.6 Å². The van der Waals surface area contributed by atoms with Crippen molar-refractivity contribution in [1.29, 1.82) is 0 Å². The molecule has 3 fully saturated rings. The molecule has 12 nitrogen and oxygen atoms in total. The van der Waals surface area contributed by atoms with Crippen molar-refractivity contribution < 1.29 is 44.6 Å². The fraction of sp³-hybridized carbons (Fsp3) is 0.833. The van der Waals surface area contributed by atoms with Gasteiger partial charge in [-0.15, -0.1) is 18.7 Å². The highest BCUT2D eigenvalue weighted by Crippen LogP contribution is 2.56. The van der Waals surface area contributed by atoms with Gasteiger partial charge in [0, 0.05) is 0 Å². The van der Waals surface area contributed by atoms with Crippen LogP contribution in [0.15, 0.2) is 0 Å². The van der Waals surface area contributed by atoms with E-state index in [4.69, 9.17) is 8.57 Å². The lowest BCUT2D eigenvalue weighted by molar-refractivity contribution is -0.169. The van der Waals surface area contributed by atoms with Crippen molar-refractivity contribution in [1.82, 2.24) is 10.1 Å². The van der Waals surface area contributed by atoms with Gasteiger partial charge in [0.25, 0.3) is 43.9 Å². The third-order valence-corrected chi connectivity index (χ3v) is 9.69. The Kier molecular flexibility index (Phi) is 10.5. The summed E-state index contributed by atoms with van der Waals surface area (Å²) in [7, 11) is -8.49. The minimum Gasteiger partial charge on any atom is -0.272 e. The summed E-state index contributed by atoms with van der Waals surface area (Å²) < 4.78 is 59.0. The summed E-state index contributed by atoms with van der Waals surface area (Å²) in [5.74, 6) is -10.1. The second kappa shape index (κ2) is 13.0. The Bertz CT molecular complexity index is 985. The number of hydrogen-bond donors (Lipinski definition) is 0. The topological polar surface area (TPSA) is 161 Å².